The van der Waals surface area contributed by atoms with E-state index in [0.717, 1.165) is 6.54 Å². The van der Waals surface area contributed by atoms with E-state index in [1.165, 1.54) is 12.8 Å². The van der Waals surface area contributed by atoms with Crippen molar-refractivity contribution < 1.29 is 9.53 Å². The van der Waals surface area contributed by atoms with Gasteiger partial charge in [0.05, 0.1) is 25.8 Å². The van der Waals surface area contributed by atoms with Crippen LogP contribution in [0, 0.1) is 0 Å². The van der Waals surface area contributed by atoms with E-state index in [0.29, 0.717) is 25.8 Å². The molecule has 0 aromatic rings. The molecule has 4 heteroatoms. The number of nitrogens with one attached hydrogen (secondary N) is 1. The lowest BCUT2D eigenvalue weighted by Crippen LogP contribution is -2.50. The number of hydrogen-bond acceptors (Lipinski definition) is 3. The van der Waals surface area contributed by atoms with Crippen molar-refractivity contribution in [2.24, 2.45) is 0 Å². The number of nitrogens with zero attached hydrogens (tertiary/aromatic N) is 1. The molecule has 1 N–H and O–H groups in total. The molecule has 1 aliphatic heterocycles. The molecule has 80 valence electrons. The Balaban J connectivity index is 1.76. The summed E-state index contributed by atoms with van der Waals surface area (Å²) in [5.41, 5.74) is 0. The molecule has 1 amide bonds. The highest BCUT2D eigenvalue weighted by atomic mass is 16.5. The van der Waals surface area contributed by atoms with Crippen LogP contribution in [0.5, 0.6) is 0 Å². The smallest absolute Gasteiger partial charge is 0.236 e. The van der Waals surface area contributed by atoms with Crippen molar-refractivity contribution in [1.82, 2.24) is 10.2 Å². The summed E-state index contributed by atoms with van der Waals surface area (Å²) in [7, 11) is 0. The monoisotopic (exact) mass is 198 g/mol. The van der Waals surface area contributed by atoms with Gasteiger partial charge in [0.15, 0.2) is 0 Å². The molecule has 0 radical (unpaired) electrons. The SMILES string of the molecule is C[C@@H]1COCCN1C(=O)CNC1CC1. The second-order valence-corrected chi connectivity index (χ2v) is 4.17. The molecule has 4 nitrogen and oxygen atoms in total. The highest BCUT2D eigenvalue weighted by Gasteiger charge is 2.26. The van der Waals surface area contributed by atoms with Crippen LogP contribution in [0.15, 0.2) is 0 Å². The van der Waals surface area contributed by atoms with Gasteiger partial charge in [-0.3, -0.25) is 4.79 Å². The van der Waals surface area contributed by atoms with Crippen LogP contribution in [0.4, 0.5) is 0 Å². The molecule has 1 saturated carbocycles. The van der Waals surface area contributed by atoms with E-state index >= 15 is 0 Å². The van der Waals surface area contributed by atoms with Crippen LogP contribution >= 0.6 is 0 Å². The Morgan fingerprint density at radius 3 is 3.00 bits per heavy atom. The van der Waals surface area contributed by atoms with Gasteiger partial charge < -0.3 is 15.0 Å². The van der Waals surface area contributed by atoms with Crippen LogP contribution in [0.2, 0.25) is 0 Å². The summed E-state index contributed by atoms with van der Waals surface area (Å²) in [5.74, 6) is 0.215. The van der Waals surface area contributed by atoms with Gasteiger partial charge in [0.1, 0.15) is 0 Å². The standard InChI is InChI=1S/C10H18N2O2/c1-8-7-14-5-4-12(8)10(13)6-11-9-2-3-9/h8-9,11H,2-7H2,1H3/t8-/m1/s1. The van der Waals surface area contributed by atoms with Crippen LogP contribution in [-0.4, -0.2) is 49.2 Å². The first-order chi connectivity index (χ1) is 6.77. The molecular formula is C10H18N2O2. The van der Waals surface area contributed by atoms with E-state index in [1.54, 1.807) is 0 Å². The molecule has 2 aliphatic rings. The lowest BCUT2D eigenvalue weighted by Gasteiger charge is -2.33. The maximum Gasteiger partial charge on any atom is 0.236 e. The number of rotatable bonds is 3. The van der Waals surface area contributed by atoms with E-state index in [9.17, 15) is 4.79 Å². The summed E-state index contributed by atoms with van der Waals surface area (Å²) in [6, 6.07) is 0.840. The van der Waals surface area contributed by atoms with Gasteiger partial charge >= 0.3 is 0 Å². The third-order valence-electron chi connectivity index (χ3n) is 2.81. The second kappa shape index (κ2) is 4.28. The Bertz CT molecular complexity index is 216. The molecule has 0 unspecified atom stereocenters. The van der Waals surface area contributed by atoms with E-state index in [4.69, 9.17) is 4.74 Å². The number of ether oxygens (including phenoxy) is 1. The molecule has 0 aromatic heterocycles. The summed E-state index contributed by atoms with van der Waals surface area (Å²) in [5, 5.41) is 3.24. The number of hydrogen-bond donors (Lipinski definition) is 1. The molecule has 2 fully saturated rings. The Hall–Kier alpha value is -0.610. The van der Waals surface area contributed by atoms with E-state index in [-0.39, 0.29) is 11.9 Å². The maximum atomic E-state index is 11.7. The molecule has 2 rings (SSSR count). The third kappa shape index (κ3) is 2.45. The zero-order valence-electron chi connectivity index (χ0n) is 8.66. The summed E-state index contributed by atoms with van der Waals surface area (Å²) in [4.78, 5) is 13.7. The van der Waals surface area contributed by atoms with Crippen LogP contribution in [0.25, 0.3) is 0 Å². The number of amides is 1. The van der Waals surface area contributed by atoms with Crippen molar-refractivity contribution in [2.75, 3.05) is 26.3 Å². The van der Waals surface area contributed by atoms with Crippen molar-refractivity contribution in [3.8, 4) is 0 Å². The minimum absolute atomic E-state index is 0.215. The molecule has 1 heterocycles. The van der Waals surface area contributed by atoms with Crippen molar-refractivity contribution in [3.05, 3.63) is 0 Å². The predicted molar refractivity (Wildman–Crippen MR) is 53.0 cm³/mol. The fraction of sp³-hybridized carbons (Fsp3) is 0.900. The van der Waals surface area contributed by atoms with E-state index < -0.39 is 0 Å². The largest absolute Gasteiger partial charge is 0.377 e. The average Bonchev–Trinajstić information content (AvgIpc) is 2.98. The Labute approximate surface area is 84.6 Å². The van der Waals surface area contributed by atoms with Crippen molar-refractivity contribution in [2.45, 2.75) is 31.8 Å². The van der Waals surface area contributed by atoms with Gasteiger partial charge in [-0.1, -0.05) is 0 Å². The Morgan fingerprint density at radius 1 is 1.57 bits per heavy atom. The van der Waals surface area contributed by atoms with Crippen LogP contribution in [0.3, 0.4) is 0 Å². The van der Waals surface area contributed by atoms with E-state index in [2.05, 4.69) is 5.32 Å². The molecule has 1 saturated heterocycles. The van der Waals surface area contributed by atoms with Crippen LogP contribution in [-0.2, 0) is 9.53 Å². The summed E-state index contributed by atoms with van der Waals surface area (Å²) < 4.78 is 5.29. The van der Waals surface area contributed by atoms with Gasteiger partial charge in [-0.25, -0.2) is 0 Å². The zero-order valence-corrected chi connectivity index (χ0v) is 8.66. The molecule has 0 bridgehead atoms. The highest BCUT2D eigenvalue weighted by Crippen LogP contribution is 2.18. The minimum atomic E-state index is 0.215. The quantitative estimate of drug-likeness (QED) is 0.693. The van der Waals surface area contributed by atoms with Crippen molar-refractivity contribution in [1.29, 1.82) is 0 Å². The van der Waals surface area contributed by atoms with Gasteiger partial charge in [0, 0.05) is 12.6 Å². The number of carbonyl (C=O) groups is 1. The molecule has 0 spiro atoms. The minimum Gasteiger partial charge on any atom is -0.377 e. The first-order valence-electron chi connectivity index (χ1n) is 5.38. The third-order valence-corrected chi connectivity index (χ3v) is 2.81. The van der Waals surface area contributed by atoms with Crippen LogP contribution in [0.1, 0.15) is 19.8 Å². The zero-order chi connectivity index (χ0) is 9.97. The van der Waals surface area contributed by atoms with Gasteiger partial charge in [-0.05, 0) is 19.8 Å². The number of morpholine rings is 1. The molecule has 0 aromatic carbocycles. The first kappa shape index (κ1) is 9.93. The molecule has 1 aliphatic carbocycles. The predicted octanol–water partition coefficient (Wildman–Crippen LogP) is -0.0143. The molecule has 14 heavy (non-hydrogen) atoms. The van der Waals surface area contributed by atoms with Gasteiger partial charge in [-0.2, -0.15) is 0 Å². The lowest BCUT2D eigenvalue weighted by atomic mass is 10.2. The Morgan fingerprint density at radius 2 is 2.36 bits per heavy atom. The number of carbonyl (C=O) groups excluding carboxylic acids is 1. The van der Waals surface area contributed by atoms with Gasteiger partial charge in [-0.15, -0.1) is 0 Å². The summed E-state index contributed by atoms with van der Waals surface area (Å²) >= 11 is 0. The van der Waals surface area contributed by atoms with Gasteiger partial charge in [0.25, 0.3) is 0 Å². The van der Waals surface area contributed by atoms with Crippen molar-refractivity contribution in [3.63, 3.8) is 0 Å². The summed E-state index contributed by atoms with van der Waals surface area (Å²) in [6.45, 7) is 4.63. The topological polar surface area (TPSA) is 41.6 Å². The molecular weight excluding hydrogens is 180 g/mol. The lowest BCUT2D eigenvalue weighted by molar-refractivity contribution is -0.138. The fourth-order valence-electron chi connectivity index (χ4n) is 1.72. The van der Waals surface area contributed by atoms with Gasteiger partial charge in [0.2, 0.25) is 5.91 Å². The Kier molecular flexibility index (Phi) is 3.03. The normalized spacial score (nSPS) is 27.8. The van der Waals surface area contributed by atoms with E-state index in [1.807, 2.05) is 11.8 Å². The first-order valence-corrected chi connectivity index (χ1v) is 5.38. The second-order valence-electron chi connectivity index (χ2n) is 4.17. The summed E-state index contributed by atoms with van der Waals surface area (Å²) in [6.07, 6.45) is 2.46. The van der Waals surface area contributed by atoms with Crippen LogP contribution < -0.4 is 5.32 Å². The maximum absolute atomic E-state index is 11.7. The van der Waals surface area contributed by atoms with Crippen molar-refractivity contribution >= 4 is 5.91 Å². The fourth-order valence-corrected chi connectivity index (χ4v) is 1.72. The average molecular weight is 198 g/mol. The molecule has 1 atom stereocenters. The highest BCUT2D eigenvalue weighted by molar-refractivity contribution is 5.78.